The van der Waals surface area contributed by atoms with Crippen LogP contribution < -0.4 is 31.0 Å². The molecule has 1 fully saturated rings. The molecule has 3 rings (SSSR count). The number of guanidine groups is 1. The van der Waals surface area contributed by atoms with Crippen molar-refractivity contribution < 1.29 is 28.2 Å². The lowest BCUT2D eigenvalue weighted by Crippen LogP contribution is -2.24. The minimum atomic E-state index is -0.384. The van der Waals surface area contributed by atoms with Gasteiger partial charge in [-0.3, -0.25) is 9.59 Å². The predicted molar refractivity (Wildman–Crippen MR) is 149 cm³/mol. The van der Waals surface area contributed by atoms with Crippen molar-refractivity contribution in [2.45, 2.75) is 64.3 Å². The molecule has 0 aromatic heterocycles. The summed E-state index contributed by atoms with van der Waals surface area (Å²) in [4.78, 5) is 26.6. The third-order valence-electron chi connectivity index (χ3n) is 6.54. The van der Waals surface area contributed by atoms with Crippen LogP contribution in [0, 0.1) is 11.7 Å². The Morgan fingerprint density at radius 3 is 2.18 bits per heavy atom. The molecule has 0 radical (unpaired) electrons. The van der Waals surface area contributed by atoms with E-state index in [0.29, 0.717) is 30.9 Å². The number of hydrogen-bond acceptors (Lipinski definition) is 5. The van der Waals surface area contributed by atoms with Gasteiger partial charge in [0.05, 0.1) is 21.3 Å². The number of nitrogens with one attached hydrogen (secondary N) is 1. The molecule has 0 bridgehead atoms. The number of halogens is 1. The summed E-state index contributed by atoms with van der Waals surface area (Å²) in [6, 6.07) is 10.1. The quantitative estimate of drug-likeness (QED) is 0.284. The topological polar surface area (TPSA) is 138 Å². The fraction of sp³-hybridized carbons (Fsp3) is 0.483. The normalized spacial score (nSPS) is 12.9. The molecule has 5 N–H and O–H groups in total. The number of aryl methyl sites for hydroxylation is 1. The Labute approximate surface area is 230 Å². The molecule has 2 amide bonds. The molecule has 0 aliphatic heterocycles. The van der Waals surface area contributed by atoms with E-state index in [1.165, 1.54) is 45.3 Å². The summed E-state index contributed by atoms with van der Waals surface area (Å²) in [6.07, 6.45) is 8.84. The van der Waals surface area contributed by atoms with Gasteiger partial charge in [0.15, 0.2) is 29.0 Å². The van der Waals surface area contributed by atoms with E-state index in [9.17, 15) is 14.0 Å². The summed E-state index contributed by atoms with van der Waals surface area (Å²) >= 11 is 0. The van der Waals surface area contributed by atoms with Gasteiger partial charge in [-0.15, -0.1) is 0 Å². The van der Waals surface area contributed by atoms with Gasteiger partial charge in [-0.1, -0.05) is 44.2 Å². The highest BCUT2D eigenvalue weighted by Gasteiger charge is 2.15. The van der Waals surface area contributed by atoms with Crippen LogP contribution in [0.1, 0.15) is 62.5 Å². The molecule has 0 saturated heterocycles. The van der Waals surface area contributed by atoms with Gasteiger partial charge in [-0.25, -0.2) is 4.39 Å². The van der Waals surface area contributed by atoms with E-state index in [1.807, 2.05) is 12.1 Å². The zero-order valence-corrected chi connectivity index (χ0v) is 23.1. The molecule has 214 valence electrons. The van der Waals surface area contributed by atoms with E-state index in [1.54, 1.807) is 32.4 Å². The van der Waals surface area contributed by atoms with Gasteiger partial charge >= 0.3 is 0 Å². The molecule has 1 saturated carbocycles. The standard InChI is InChI=1S/C17H24FNO2.C12H17N3O3/c1-21-16-11-14(7-9-15(16)18)12-19-17(20)10-8-13-5-3-2-4-6-13;1-17-9-5-3-8(7-10(9)18-2)4-6-11(16)15-12(13)14/h7,9,11,13H,2-6,8,10,12H2,1H3,(H,19,20);3,5,7H,4,6H2,1-2H3,(H4,13,14,15,16). The minimum Gasteiger partial charge on any atom is -0.494 e. The van der Waals surface area contributed by atoms with Crippen molar-refractivity contribution in [1.82, 2.24) is 5.32 Å². The molecular formula is C29H41FN4O5. The lowest BCUT2D eigenvalue weighted by atomic mass is 9.86. The summed E-state index contributed by atoms with van der Waals surface area (Å²) in [7, 11) is 4.57. The number of methoxy groups -OCH3 is 3. The Hall–Kier alpha value is -3.82. The number of carbonyl (C=O) groups is 2. The fourth-order valence-electron chi connectivity index (χ4n) is 4.40. The first-order valence-corrected chi connectivity index (χ1v) is 13.2. The summed E-state index contributed by atoms with van der Waals surface area (Å²) in [5.74, 6) is 1.34. The zero-order valence-electron chi connectivity index (χ0n) is 23.1. The van der Waals surface area contributed by atoms with Crippen LogP contribution in [0.3, 0.4) is 0 Å². The average Bonchev–Trinajstić information content (AvgIpc) is 2.94. The number of aliphatic imine (C=N–C) groups is 1. The fourth-order valence-corrected chi connectivity index (χ4v) is 4.40. The number of ether oxygens (including phenoxy) is 3. The summed E-state index contributed by atoms with van der Waals surface area (Å²) in [5.41, 5.74) is 12.0. The van der Waals surface area contributed by atoms with Gasteiger partial charge in [-0.05, 0) is 54.2 Å². The number of rotatable bonds is 11. The molecule has 0 unspecified atom stereocenters. The Bertz CT molecular complexity index is 1100. The first-order valence-electron chi connectivity index (χ1n) is 13.2. The van der Waals surface area contributed by atoms with Crippen molar-refractivity contribution in [3.8, 4) is 17.2 Å². The van der Waals surface area contributed by atoms with E-state index in [4.69, 9.17) is 25.7 Å². The third kappa shape index (κ3) is 11.6. The number of nitrogens with zero attached hydrogens (tertiary/aromatic N) is 1. The van der Waals surface area contributed by atoms with E-state index >= 15 is 0 Å². The van der Waals surface area contributed by atoms with Crippen LogP contribution in [-0.4, -0.2) is 39.1 Å². The van der Waals surface area contributed by atoms with E-state index in [-0.39, 0.29) is 35.8 Å². The Morgan fingerprint density at radius 2 is 1.54 bits per heavy atom. The van der Waals surface area contributed by atoms with Gasteiger partial charge < -0.3 is 31.0 Å². The maximum Gasteiger partial charge on any atom is 0.249 e. The van der Waals surface area contributed by atoms with E-state index < -0.39 is 0 Å². The second kappa shape index (κ2) is 16.9. The average molecular weight is 545 g/mol. The SMILES string of the molecule is COc1cc(CNC(=O)CCC2CCCCC2)ccc1F.COc1ccc(CCC(=O)N=C(N)N)cc1OC. The Morgan fingerprint density at radius 1 is 0.897 bits per heavy atom. The lowest BCUT2D eigenvalue weighted by Gasteiger charge is -2.21. The smallest absolute Gasteiger partial charge is 0.249 e. The molecule has 9 nitrogen and oxygen atoms in total. The summed E-state index contributed by atoms with van der Waals surface area (Å²) < 4.78 is 28.5. The minimum absolute atomic E-state index is 0.0730. The lowest BCUT2D eigenvalue weighted by molar-refractivity contribution is -0.121. The number of hydrogen-bond donors (Lipinski definition) is 3. The number of amides is 2. The maximum absolute atomic E-state index is 13.3. The first-order chi connectivity index (χ1) is 18.7. The van der Waals surface area contributed by atoms with Crippen molar-refractivity contribution in [1.29, 1.82) is 0 Å². The Balaban J connectivity index is 0.000000277. The van der Waals surface area contributed by atoms with Gasteiger partial charge in [0.1, 0.15) is 0 Å². The van der Waals surface area contributed by atoms with Gasteiger partial charge in [0.2, 0.25) is 11.8 Å². The predicted octanol–water partition coefficient (Wildman–Crippen LogP) is 4.25. The van der Waals surface area contributed by atoms with Gasteiger partial charge in [0.25, 0.3) is 0 Å². The van der Waals surface area contributed by atoms with E-state index in [0.717, 1.165) is 23.5 Å². The maximum atomic E-state index is 13.3. The molecule has 1 aliphatic carbocycles. The molecule has 2 aromatic rings. The molecule has 2 aromatic carbocycles. The highest BCUT2D eigenvalue weighted by atomic mass is 19.1. The summed E-state index contributed by atoms with van der Waals surface area (Å²) in [6.45, 7) is 0.417. The second-order valence-electron chi connectivity index (χ2n) is 9.41. The van der Waals surface area contributed by atoms with Crippen molar-refractivity contribution in [3.05, 3.63) is 53.3 Å². The largest absolute Gasteiger partial charge is 0.494 e. The van der Waals surface area contributed by atoms with Crippen molar-refractivity contribution in [3.63, 3.8) is 0 Å². The number of nitrogens with two attached hydrogens (primary N) is 2. The number of benzene rings is 2. The molecule has 0 heterocycles. The number of carbonyl (C=O) groups excluding carboxylic acids is 2. The van der Waals surface area contributed by atoms with Crippen LogP contribution in [0.25, 0.3) is 0 Å². The van der Waals surface area contributed by atoms with Crippen LogP contribution in [0.2, 0.25) is 0 Å². The highest BCUT2D eigenvalue weighted by Crippen LogP contribution is 2.28. The van der Waals surface area contributed by atoms with Crippen molar-refractivity contribution in [2.75, 3.05) is 21.3 Å². The van der Waals surface area contributed by atoms with Crippen LogP contribution in [-0.2, 0) is 22.6 Å². The summed E-state index contributed by atoms with van der Waals surface area (Å²) in [5, 5.41) is 2.89. The van der Waals surface area contributed by atoms with Crippen LogP contribution >= 0.6 is 0 Å². The van der Waals surface area contributed by atoms with E-state index in [2.05, 4.69) is 10.3 Å². The van der Waals surface area contributed by atoms with Gasteiger partial charge in [0, 0.05) is 19.4 Å². The molecule has 10 heteroatoms. The third-order valence-corrected chi connectivity index (χ3v) is 6.54. The molecular weight excluding hydrogens is 503 g/mol. The Kier molecular flexibility index (Phi) is 13.6. The second-order valence-corrected chi connectivity index (χ2v) is 9.41. The molecule has 0 spiro atoms. The van der Waals surface area contributed by atoms with Crippen LogP contribution in [0.15, 0.2) is 41.4 Å². The molecule has 1 aliphatic rings. The monoisotopic (exact) mass is 544 g/mol. The first kappa shape index (κ1) is 31.4. The van der Waals surface area contributed by atoms with Crippen molar-refractivity contribution >= 4 is 17.8 Å². The molecule has 0 atom stereocenters. The van der Waals surface area contributed by atoms with Crippen LogP contribution in [0.5, 0.6) is 17.2 Å². The highest BCUT2D eigenvalue weighted by molar-refractivity contribution is 5.91. The molecule has 39 heavy (non-hydrogen) atoms. The van der Waals surface area contributed by atoms with Gasteiger partial charge in [-0.2, -0.15) is 4.99 Å². The zero-order chi connectivity index (χ0) is 28.6. The van der Waals surface area contributed by atoms with Crippen molar-refractivity contribution in [2.24, 2.45) is 22.4 Å². The van der Waals surface area contributed by atoms with Crippen LogP contribution in [0.4, 0.5) is 4.39 Å².